The summed E-state index contributed by atoms with van der Waals surface area (Å²) in [5, 5.41) is 0. The summed E-state index contributed by atoms with van der Waals surface area (Å²) in [7, 11) is 0. The maximum absolute atomic E-state index is 14.0. The molecule has 1 saturated heterocycles. The van der Waals surface area contributed by atoms with E-state index in [1.807, 2.05) is 30.3 Å². The predicted octanol–water partition coefficient (Wildman–Crippen LogP) is 3.54. The molecule has 21 heavy (non-hydrogen) atoms. The van der Waals surface area contributed by atoms with Crippen molar-refractivity contribution in [1.29, 1.82) is 0 Å². The van der Waals surface area contributed by atoms with Crippen molar-refractivity contribution in [3.63, 3.8) is 0 Å². The minimum absolute atomic E-state index is 0.0654. The van der Waals surface area contributed by atoms with E-state index >= 15 is 0 Å². The van der Waals surface area contributed by atoms with E-state index in [4.69, 9.17) is 14.2 Å². The molecule has 0 amide bonds. The van der Waals surface area contributed by atoms with Crippen LogP contribution in [0.3, 0.4) is 0 Å². The molecule has 0 spiro atoms. The number of hydrogen-bond acceptors (Lipinski definition) is 3. The van der Waals surface area contributed by atoms with Crippen LogP contribution in [-0.4, -0.2) is 30.5 Å². The van der Waals surface area contributed by atoms with Crippen LogP contribution in [0.1, 0.15) is 19.4 Å². The standard InChI is InChI=1S/C16H20F2O3/c1-4-16(17,18)14(13-11-20-15(2,3)21-13)19-10-12-8-6-5-7-9-12/h4-9,13-14H,1,10-11H2,2-3H3/t13-,14-/m1/s1. The summed E-state index contributed by atoms with van der Waals surface area (Å²) >= 11 is 0. The van der Waals surface area contributed by atoms with Gasteiger partial charge in [0.2, 0.25) is 0 Å². The van der Waals surface area contributed by atoms with Gasteiger partial charge in [0, 0.05) is 0 Å². The van der Waals surface area contributed by atoms with E-state index < -0.39 is 23.9 Å². The van der Waals surface area contributed by atoms with Gasteiger partial charge in [-0.25, -0.2) is 0 Å². The fourth-order valence-corrected chi connectivity index (χ4v) is 2.21. The maximum atomic E-state index is 14.0. The van der Waals surface area contributed by atoms with Gasteiger partial charge < -0.3 is 14.2 Å². The van der Waals surface area contributed by atoms with Gasteiger partial charge in [0.25, 0.3) is 5.92 Å². The Labute approximate surface area is 123 Å². The minimum Gasteiger partial charge on any atom is -0.364 e. The molecule has 0 aliphatic carbocycles. The molecule has 1 aromatic rings. The lowest BCUT2D eigenvalue weighted by Crippen LogP contribution is -2.45. The van der Waals surface area contributed by atoms with Crippen molar-refractivity contribution >= 4 is 0 Å². The summed E-state index contributed by atoms with van der Waals surface area (Å²) in [6.45, 7) is 6.71. The van der Waals surface area contributed by atoms with Gasteiger partial charge in [-0.2, -0.15) is 8.78 Å². The van der Waals surface area contributed by atoms with Crippen molar-refractivity contribution in [2.75, 3.05) is 6.61 Å². The maximum Gasteiger partial charge on any atom is 0.294 e. The minimum atomic E-state index is -3.19. The average molecular weight is 298 g/mol. The number of ether oxygens (including phenoxy) is 3. The number of halogens is 2. The van der Waals surface area contributed by atoms with Gasteiger partial charge in [-0.05, 0) is 25.5 Å². The van der Waals surface area contributed by atoms with Gasteiger partial charge in [0.1, 0.15) is 6.10 Å². The SMILES string of the molecule is C=CC(F)(F)[C@H](OCc1ccccc1)[C@H]1COC(C)(C)O1. The first-order valence-electron chi connectivity index (χ1n) is 6.83. The second-order valence-electron chi connectivity index (χ2n) is 5.46. The Morgan fingerprint density at radius 3 is 2.62 bits per heavy atom. The summed E-state index contributed by atoms with van der Waals surface area (Å²) < 4.78 is 44.4. The summed E-state index contributed by atoms with van der Waals surface area (Å²) in [5.74, 6) is -4.07. The molecule has 0 saturated carbocycles. The molecule has 2 atom stereocenters. The lowest BCUT2D eigenvalue weighted by atomic mass is 10.1. The Hall–Kier alpha value is -1.30. The van der Waals surface area contributed by atoms with Crippen molar-refractivity contribution < 1.29 is 23.0 Å². The summed E-state index contributed by atoms with van der Waals surface area (Å²) in [5.41, 5.74) is 0.820. The molecule has 0 bridgehead atoms. The molecule has 3 nitrogen and oxygen atoms in total. The van der Waals surface area contributed by atoms with E-state index in [9.17, 15) is 8.78 Å². The smallest absolute Gasteiger partial charge is 0.294 e. The summed E-state index contributed by atoms with van der Waals surface area (Å²) in [6, 6.07) is 9.16. The topological polar surface area (TPSA) is 27.7 Å². The van der Waals surface area contributed by atoms with Gasteiger partial charge in [-0.1, -0.05) is 36.9 Å². The second-order valence-corrected chi connectivity index (χ2v) is 5.46. The molecule has 2 rings (SSSR count). The quantitative estimate of drug-likeness (QED) is 0.752. The van der Waals surface area contributed by atoms with Crippen LogP contribution in [0.4, 0.5) is 8.78 Å². The Morgan fingerprint density at radius 2 is 2.10 bits per heavy atom. The third kappa shape index (κ3) is 4.09. The zero-order chi connectivity index (χ0) is 15.5. The van der Waals surface area contributed by atoms with Gasteiger partial charge in [-0.3, -0.25) is 0 Å². The largest absolute Gasteiger partial charge is 0.364 e. The first-order chi connectivity index (χ1) is 9.84. The average Bonchev–Trinajstić information content (AvgIpc) is 2.80. The highest BCUT2D eigenvalue weighted by atomic mass is 19.3. The predicted molar refractivity (Wildman–Crippen MR) is 75.1 cm³/mol. The van der Waals surface area contributed by atoms with Gasteiger partial charge in [0.05, 0.1) is 13.2 Å². The number of rotatable bonds is 6. The molecule has 1 fully saturated rings. The fraction of sp³-hybridized carbons (Fsp3) is 0.500. The lowest BCUT2D eigenvalue weighted by molar-refractivity contribution is -0.193. The molecule has 0 unspecified atom stereocenters. The molecule has 0 aromatic heterocycles. The Morgan fingerprint density at radius 1 is 1.43 bits per heavy atom. The van der Waals surface area contributed by atoms with E-state index in [1.165, 1.54) is 0 Å². The molecule has 1 aromatic carbocycles. The number of benzene rings is 1. The van der Waals surface area contributed by atoms with E-state index in [0.717, 1.165) is 5.56 Å². The molecule has 5 heteroatoms. The van der Waals surface area contributed by atoms with Crippen LogP contribution in [0.2, 0.25) is 0 Å². The zero-order valence-corrected chi connectivity index (χ0v) is 12.2. The molecular formula is C16H20F2O3. The first-order valence-corrected chi connectivity index (χ1v) is 6.83. The van der Waals surface area contributed by atoms with Crippen LogP contribution >= 0.6 is 0 Å². The third-order valence-electron chi connectivity index (χ3n) is 3.29. The molecule has 1 heterocycles. The van der Waals surface area contributed by atoms with Gasteiger partial charge in [0.15, 0.2) is 11.9 Å². The summed E-state index contributed by atoms with van der Waals surface area (Å²) in [4.78, 5) is 0. The molecular weight excluding hydrogens is 278 g/mol. The van der Waals surface area contributed by atoms with Crippen LogP contribution in [0.15, 0.2) is 43.0 Å². The molecule has 1 aliphatic heterocycles. The van der Waals surface area contributed by atoms with Crippen LogP contribution < -0.4 is 0 Å². The highest BCUT2D eigenvalue weighted by molar-refractivity contribution is 5.13. The van der Waals surface area contributed by atoms with Crippen molar-refractivity contribution in [3.8, 4) is 0 Å². The molecule has 0 radical (unpaired) electrons. The lowest BCUT2D eigenvalue weighted by Gasteiger charge is -2.29. The third-order valence-corrected chi connectivity index (χ3v) is 3.29. The van der Waals surface area contributed by atoms with Gasteiger partial charge in [-0.15, -0.1) is 0 Å². The van der Waals surface area contributed by atoms with Crippen molar-refractivity contribution in [2.45, 2.75) is 44.4 Å². The molecule has 0 N–H and O–H groups in total. The number of hydrogen-bond donors (Lipinski definition) is 0. The van der Waals surface area contributed by atoms with Crippen LogP contribution in [0.5, 0.6) is 0 Å². The van der Waals surface area contributed by atoms with E-state index in [1.54, 1.807) is 13.8 Å². The van der Waals surface area contributed by atoms with Crippen LogP contribution in [-0.2, 0) is 20.8 Å². The Bertz CT molecular complexity index is 474. The monoisotopic (exact) mass is 298 g/mol. The molecule has 116 valence electrons. The first kappa shape index (κ1) is 16.1. The Balaban J connectivity index is 2.08. The van der Waals surface area contributed by atoms with Gasteiger partial charge >= 0.3 is 0 Å². The zero-order valence-electron chi connectivity index (χ0n) is 12.2. The normalized spacial score (nSPS) is 23.0. The fourth-order valence-electron chi connectivity index (χ4n) is 2.21. The van der Waals surface area contributed by atoms with Crippen molar-refractivity contribution in [3.05, 3.63) is 48.6 Å². The van der Waals surface area contributed by atoms with Crippen molar-refractivity contribution in [1.82, 2.24) is 0 Å². The van der Waals surface area contributed by atoms with Crippen LogP contribution in [0.25, 0.3) is 0 Å². The Kier molecular flexibility index (Phi) is 4.76. The highest BCUT2D eigenvalue weighted by Gasteiger charge is 2.48. The molecule has 1 aliphatic rings. The number of alkyl halides is 2. The van der Waals surface area contributed by atoms with E-state index in [0.29, 0.717) is 6.08 Å². The van der Waals surface area contributed by atoms with Crippen LogP contribution in [0, 0.1) is 0 Å². The van der Waals surface area contributed by atoms with Crippen molar-refractivity contribution in [2.24, 2.45) is 0 Å². The highest BCUT2D eigenvalue weighted by Crippen LogP contribution is 2.33. The second kappa shape index (κ2) is 6.22. The van der Waals surface area contributed by atoms with E-state index in [-0.39, 0.29) is 13.2 Å². The summed E-state index contributed by atoms with van der Waals surface area (Å²) in [6.07, 6.45) is -1.68. The van der Waals surface area contributed by atoms with E-state index in [2.05, 4.69) is 6.58 Å².